The Labute approximate surface area is 118 Å². The predicted molar refractivity (Wildman–Crippen MR) is 81.5 cm³/mol. The van der Waals surface area contributed by atoms with Crippen LogP contribution in [0.5, 0.6) is 0 Å². The number of piperidine rings is 1. The summed E-state index contributed by atoms with van der Waals surface area (Å²) in [7, 11) is 2.34. The topological polar surface area (TPSA) is 3.24 Å². The lowest BCUT2D eigenvalue weighted by atomic mass is 9.79. The van der Waals surface area contributed by atoms with Crippen molar-refractivity contribution in [3.05, 3.63) is 35.4 Å². The van der Waals surface area contributed by atoms with Crippen LogP contribution < -0.4 is 0 Å². The van der Waals surface area contributed by atoms with E-state index < -0.39 is 0 Å². The quantitative estimate of drug-likeness (QED) is 0.718. The molecule has 0 N–H and O–H groups in total. The van der Waals surface area contributed by atoms with E-state index >= 15 is 0 Å². The number of rotatable bonds is 1. The molecule has 0 saturated carbocycles. The minimum Gasteiger partial charge on any atom is -0.294 e. The lowest BCUT2D eigenvalue weighted by Crippen LogP contribution is -2.45. The molecule has 0 aromatic heterocycles. The Morgan fingerprint density at radius 3 is 2.37 bits per heavy atom. The summed E-state index contributed by atoms with van der Waals surface area (Å²) in [5.41, 5.74) is 3.59. The molecule has 104 valence electrons. The van der Waals surface area contributed by atoms with Crippen molar-refractivity contribution >= 4 is 0 Å². The van der Waals surface area contributed by atoms with Crippen molar-refractivity contribution in [2.75, 3.05) is 7.05 Å². The first-order valence-electron chi connectivity index (χ1n) is 7.77. The van der Waals surface area contributed by atoms with E-state index in [9.17, 15) is 0 Å². The fourth-order valence-corrected chi connectivity index (χ4v) is 4.17. The van der Waals surface area contributed by atoms with Gasteiger partial charge >= 0.3 is 0 Å². The average molecular weight is 257 g/mol. The summed E-state index contributed by atoms with van der Waals surface area (Å²) < 4.78 is 0. The molecule has 1 aromatic rings. The number of hydrogen-bond donors (Lipinski definition) is 0. The molecule has 0 spiro atoms. The van der Waals surface area contributed by atoms with Gasteiger partial charge in [-0.2, -0.15) is 0 Å². The molecule has 2 saturated heterocycles. The summed E-state index contributed by atoms with van der Waals surface area (Å²) in [6.45, 7) is 6.87. The van der Waals surface area contributed by atoms with Gasteiger partial charge in [0.2, 0.25) is 0 Å². The van der Waals surface area contributed by atoms with Gasteiger partial charge in [0.05, 0.1) is 0 Å². The molecule has 2 aliphatic rings. The number of nitrogens with zero attached hydrogens (tertiary/aromatic N) is 1. The Balaban J connectivity index is 1.94. The second kappa shape index (κ2) is 4.34. The molecule has 2 atom stereocenters. The molecular formula is C18H27N. The molecule has 0 aliphatic carbocycles. The molecule has 2 fully saturated rings. The maximum absolute atomic E-state index is 2.67. The van der Waals surface area contributed by atoms with Crippen molar-refractivity contribution in [3.8, 4) is 0 Å². The zero-order valence-electron chi connectivity index (χ0n) is 12.9. The van der Waals surface area contributed by atoms with Crippen molar-refractivity contribution in [1.29, 1.82) is 0 Å². The minimum absolute atomic E-state index is 0.257. The molecular weight excluding hydrogens is 230 g/mol. The summed E-state index contributed by atoms with van der Waals surface area (Å²) in [4.78, 5) is 2.67. The maximum Gasteiger partial charge on any atom is 0.0461 e. The van der Waals surface area contributed by atoms with E-state index in [4.69, 9.17) is 0 Å². The van der Waals surface area contributed by atoms with Crippen LogP contribution in [0, 0.1) is 0 Å². The van der Waals surface area contributed by atoms with E-state index in [1.54, 1.807) is 5.56 Å². The highest BCUT2D eigenvalue weighted by Crippen LogP contribution is 2.49. The molecule has 2 aliphatic heterocycles. The Hall–Kier alpha value is -0.820. The van der Waals surface area contributed by atoms with Gasteiger partial charge < -0.3 is 0 Å². The zero-order valence-corrected chi connectivity index (χ0v) is 12.9. The SMILES string of the molecule is CN1[C@@H]2CCC[C@@]1(c1ccc(C(C)(C)C)cc1)CC2. The van der Waals surface area contributed by atoms with Crippen LogP contribution in [0.1, 0.15) is 64.0 Å². The lowest BCUT2D eigenvalue weighted by molar-refractivity contribution is 0.0805. The summed E-state index contributed by atoms with van der Waals surface area (Å²) in [5, 5.41) is 0. The monoisotopic (exact) mass is 257 g/mol. The van der Waals surface area contributed by atoms with E-state index in [0.717, 1.165) is 6.04 Å². The smallest absolute Gasteiger partial charge is 0.0461 e. The first kappa shape index (κ1) is 13.2. The van der Waals surface area contributed by atoms with E-state index in [-0.39, 0.29) is 5.41 Å². The largest absolute Gasteiger partial charge is 0.294 e. The van der Waals surface area contributed by atoms with Gasteiger partial charge in [0.1, 0.15) is 0 Å². The van der Waals surface area contributed by atoms with Gasteiger partial charge in [-0.3, -0.25) is 4.90 Å². The van der Waals surface area contributed by atoms with Gasteiger partial charge in [-0.15, -0.1) is 0 Å². The van der Waals surface area contributed by atoms with Gasteiger partial charge in [0.25, 0.3) is 0 Å². The third kappa shape index (κ3) is 2.03. The van der Waals surface area contributed by atoms with Gasteiger partial charge in [0.15, 0.2) is 0 Å². The van der Waals surface area contributed by atoms with Crippen LogP contribution >= 0.6 is 0 Å². The van der Waals surface area contributed by atoms with E-state index in [2.05, 4.69) is 57.0 Å². The van der Waals surface area contributed by atoms with Crippen molar-refractivity contribution in [3.63, 3.8) is 0 Å². The van der Waals surface area contributed by atoms with Crippen molar-refractivity contribution in [1.82, 2.24) is 4.90 Å². The summed E-state index contributed by atoms with van der Waals surface area (Å²) >= 11 is 0. The molecule has 1 aromatic carbocycles. The second-order valence-electron chi connectivity index (χ2n) is 7.55. The molecule has 2 bridgehead atoms. The number of fused-ring (bicyclic) bond motifs is 2. The lowest BCUT2D eigenvalue weighted by Gasteiger charge is -2.43. The highest BCUT2D eigenvalue weighted by atomic mass is 15.2. The highest BCUT2D eigenvalue weighted by Gasteiger charge is 2.47. The first-order chi connectivity index (χ1) is 8.93. The summed E-state index contributed by atoms with van der Waals surface area (Å²) in [6.07, 6.45) is 6.88. The average Bonchev–Trinajstić information content (AvgIpc) is 2.58. The van der Waals surface area contributed by atoms with Gasteiger partial charge in [-0.1, -0.05) is 45.0 Å². The van der Waals surface area contributed by atoms with Crippen LogP contribution in [0.3, 0.4) is 0 Å². The van der Waals surface area contributed by atoms with Crippen molar-refractivity contribution in [2.24, 2.45) is 0 Å². The Morgan fingerprint density at radius 2 is 1.74 bits per heavy atom. The molecule has 0 radical (unpaired) electrons. The molecule has 2 heterocycles. The molecule has 19 heavy (non-hydrogen) atoms. The van der Waals surface area contributed by atoms with Crippen molar-refractivity contribution < 1.29 is 0 Å². The van der Waals surface area contributed by atoms with E-state index in [1.165, 1.54) is 37.7 Å². The Bertz CT molecular complexity index is 450. The van der Waals surface area contributed by atoms with Crippen LogP contribution in [0.15, 0.2) is 24.3 Å². The van der Waals surface area contributed by atoms with Crippen LogP contribution in [-0.2, 0) is 11.0 Å². The fourth-order valence-electron chi connectivity index (χ4n) is 4.17. The number of benzene rings is 1. The summed E-state index contributed by atoms with van der Waals surface area (Å²) in [5.74, 6) is 0. The molecule has 0 unspecified atom stereocenters. The van der Waals surface area contributed by atoms with Gasteiger partial charge in [0, 0.05) is 11.6 Å². The van der Waals surface area contributed by atoms with Crippen LogP contribution in [-0.4, -0.2) is 18.0 Å². The first-order valence-corrected chi connectivity index (χ1v) is 7.77. The zero-order chi connectivity index (χ0) is 13.7. The predicted octanol–water partition coefficient (Wildman–Crippen LogP) is 4.46. The summed E-state index contributed by atoms with van der Waals surface area (Å²) in [6, 6.07) is 10.3. The van der Waals surface area contributed by atoms with Gasteiger partial charge in [-0.05, 0) is 55.7 Å². The molecule has 1 heteroatoms. The van der Waals surface area contributed by atoms with Crippen LogP contribution in [0.25, 0.3) is 0 Å². The third-order valence-corrected chi connectivity index (χ3v) is 5.53. The maximum atomic E-state index is 2.67. The van der Waals surface area contributed by atoms with E-state index in [0.29, 0.717) is 5.54 Å². The van der Waals surface area contributed by atoms with E-state index in [1.807, 2.05) is 0 Å². The van der Waals surface area contributed by atoms with Crippen molar-refractivity contribution in [2.45, 2.75) is 69.9 Å². The Kier molecular flexibility index (Phi) is 3.01. The van der Waals surface area contributed by atoms with Crippen LogP contribution in [0.2, 0.25) is 0 Å². The van der Waals surface area contributed by atoms with Gasteiger partial charge in [-0.25, -0.2) is 0 Å². The van der Waals surface area contributed by atoms with Crippen LogP contribution in [0.4, 0.5) is 0 Å². The Morgan fingerprint density at radius 1 is 1.05 bits per heavy atom. The molecule has 3 rings (SSSR count). The third-order valence-electron chi connectivity index (χ3n) is 5.53. The fraction of sp³-hybridized carbons (Fsp3) is 0.667. The highest BCUT2D eigenvalue weighted by molar-refractivity contribution is 5.33. The second-order valence-corrected chi connectivity index (χ2v) is 7.55. The molecule has 1 nitrogen and oxygen atoms in total. The number of hydrogen-bond acceptors (Lipinski definition) is 1. The normalized spacial score (nSPS) is 31.7. The standard InChI is InChI=1S/C18H27N/c1-17(2,3)14-7-9-15(10-8-14)18-12-5-6-16(11-13-18)19(18)4/h7-10,16H,5-6,11-13H2,1-4H3/t16-,18+/m1/s1. The molecule has 0 amide bonds. The minimum atomic E-state index is 0.257.